The van der Waals surface area contributed by atoms with E-state index in [1.54, 1.807) is 0 Å². The van der Waals surface area contributed by atoms with Crippen LogP contribution in [0.2, 0.25) is 0 Å². The molecule has 3 aromatic carbocycles. The maximum Gasteiger partial charge on any atom is 0.193 e. The average Bonchev–Trinajstić information content (AvgIpc) is 2.62. The normalized spacial score (nSPS) is 10.4. The van der Waals surface area contributed by atoms with Crippen molar-refractivity contribution >= 4 is 5.78 Å². The van der Waals surface area contributed by atoms with Crippen LogP contribution in [-0.2, 0) is 6.42 Å². The zero-order valence-corrected chi connectivity index (χ0v) is 12.6. The molecule has 0 aliphatic rings. The molecule has 3 aromatic rings. The van der Waals surface area contributed by atoms with Gasteiger partial charge in [-0.2, -0.15) is 0 Å². The monoisotopic (exact) mass is 286 g/mol. The number of benzene rings is 3. The molecule has 0 atom stereocenters. The predicted molar refractivity (Wildman–Crippen MR) is 91.1 cm³/mol. The number of rotatable bonds is 4. The van der Waals surface area contributed by atoms with Crippen molar-refractivity contribution in [3.8, 4) is 11.1 Å². The van der Waals surface area contributed by atoms with Gasteiger partial charge in [0.25, 0.3) is 0 Å². The SMILES string of the molecule is CCc1cccc(C(=O)c2ccccc2-c2ccccc2)c1. The topological polar surface area (TPSA) is 17.1 Å². The van der Waals surface area contributed by atoms with E-state index in [9.17, 15) is 4.79 Å². The van der Waals surface area contributed by atoms with Gasteiger partial charge in [0.1, 0.15) is 0 Å². The molecule has 0 saturated heterocycles. The Balaban J connectivity index is 2.07. The van der Waals surface area contributed by atoms with Crippen molar-refractivity contribution < 1.29 is 4.79 Å². The minimum atomic E-state index is 0.0785. The van der Waals surface area contributed by atoms with Gasteiger partial charge in [-0.3, -0.25) is 4.79 Å². The van der Waals surface area contributed by atoms with Gasteiger partial charge in [0.2, 0.25) is 0 Å². The molecule has 0 spiro atoms. The first-order valence-corrected chi connectivity index (χ1v) is 7.57. The third-order valence-corrected chi connectivity index (χ3v) is 3.85. The molecule has 0 saturated carbocycles. The largest absolute Gasteiger partial charge is 0.289 e. The van der Waals surface area contributed by atoms with Crippen molar-refractivity contribution in [1.29, 1.82) is 0 Å². The van der Waals surface area contributed by atoms with E-state index in [1.165, 1.54) is 5.56 Å². The number of carbonyl (C=O) groups excluding carboxylic acids is 1. The molecule has 1 nitrogen and oxygen atoms in total. The van der Waals surface area contributed by atoms with Crippen LogP contribution in [0.5, 0.6) is 0 Å². The van der Waals surface area contributed by atoms with Gasteiger partial charge in [0.15, 0.2) is 5.78 Å². The smallest absolute Gasteiger partial charge is 0.193 e. The van der Waals surface area contributed by atoms with Crippen LogP contribution in [0.4, 0.5) is 0 Å². The third-order valence-electron chi connectivity index (χ3n) is 3.85. The van der Waals surface area contributed by atoms with Crippen molar-refractivity contribution in [2.24, 2.45) is 0 Å². The summed E-state index contributed by atoms with van der Waals surface area (Å²) in [5.41, 5.74) is 4.74. The zero-order chi connectivity index (χ0) is 15.4. The van der Waals surface area contributed by atoms with Crippen LogP contribution < -0.4 is 0 Å². The van der Waals surface area contributed by atoms with E-state index < -0.39 is 0 Å². The van der Waals surface area contributed by atoms with Gasteiger partial charge in [-0.25, -0.2) is 0 Å². The molecule has 0 aromatic heterocycles. The Hall–Kier alpha value is -2.67. The van der Waals surface area contributed by atoms with Crippen LogP contribution >= 0.6 is 0 Å². The van der Waals surface area contributed by atoms with Crippen LogP contribution in [0.25, 0.3) is 11.1 Å². The van der Waals surface area contributed by atoms with Gasteiger partial charge < -0.3 is 0 Å². The maximum absolute atomic E-state index is 12.9. The molecule has 0 fully saturated rings. The molecule has 0 N–H and O–H groups in total. The highest BCUT2D eigenvalue weighted by Crippen LogP contribution is 2.25. The summed E-state index contributed by atoms with van der Waals surface area (Å²) in [6.45, 7) is 2.10. The third kappa shape index (κ3) is 2.84. The van der Waals surface area contributed by atoms with Crippen molar-refractivity contribution in [2.45, 2.75) is 13.3 Å². The Morgan fingerprint density at radius 1 is 0.818 bits per heavy atom. The number of ketones is 1. The van der Waals surface area contributed by atoms with Gasteiger partial charge in [-0.05, 0) is 29.2 Å². The van der Waals surface area contributed by atoms with E-state index in [0.29, 0.717) is 0 Å². The molecule has 0 amide bonds. The summed E-state index contributed by atoms with van der Waals surface area (Å²) in [7, 11) is 0. The summed E-state index contributed by atoms with van der Waals surface area (Å²) in [6.07, 6.45) is 0.932. The fraction of sp³-hybridized carbons (Fsp3) is 0.0952. The highest BCUT2D eigenvalue weighted by Gasteiger charge is 2.14. The van der Waals surface area contributed by atoms with Gasteiger partial charge in [-0.1, -0.05) is 79.7 Å². The number of carbonyl (C=O) groups is 1. The standard InChI is InChI=1S/C21H18O/c1-2-16-9-8-12-18(15-16)21(22)20-14-7-6-13-19(20)17-10-4-3-5-11-17/h3-15H,2H2,1H3. The van der Waals surface area contributed by atoms with Crippen molar-refractivity contribution in [1.82, 2.24) is 0 Å². The van der Waals surface area contributed by atoms with Gasteiger partial charge in [-0.15, -0.1) is 0 Å². The lowest BCUT2D eigenvalue weighted by Gasteiger charge is -2.09. The molecule has 0 radical (unpaired) electrons. The molecule has 0 unspecified atom stereocenters. The minimum Gasteiger partial charge on any atom is -0.289 e. The van der Waals surface area contributed by atoms with Crippen LogP contribution in [-0.4, -0.2) is 5.78 Å². The molecule has 0 bridgehead atoms. The quantitative estimate of drug-likeness (QED) is 0.606. The van der Waals surface area contributed by atoms with Crippen molar-refractivity contribution in [2.75, 3.05) is 0 Å². The molecule has 0 aliphatic carbocycles. The Labute approximate surface area is 131 Å². The summed E-state index contributed by atoms with van der Waals surface area (Å²) in [6, 6.07) is 25.7. The molecule has 0 heterocycles. The fourth-order valence-corrected chi connectivity index (χ4v) is 2.64. The van der Waals surface area contributed by atoms with Crippen molar-refractivity contribution in [3.05, 3.63) is 95.6 Å². The summed E-state index contributed by atoms with van der Waals surface area (Å²) in [4.78, 5) is 12.9. The van der Waals surface area contributed by atoms with Gasteiger partial charge in [0, 0.05) is 11.1 Å². The van der Waals surface area contributed by atoms with Crippen molar-refractivity contribution in [3.63, 3.8) is 0 Å². The molecule has 108 valence electrons. The van der Waals surface area contributed by atoms with Crippen LogP contribution in [0, 0.1) is 0 Å². The van der Waals surface area contributed by atoms with Gasteiger partial charge in [0.05, 0.1) is 0 Å². The van der Waals surface area contributed by atoms with E-state index in [2.05, 4.69) is 13.0 Å². The summed E-state index contributed by atoms with van der Waals surface area (Å²) < 4.78 is 0. The summed E-state index contributed by atoms with van der Waals surface area (Å²) >= 11 is 0. The van der Waals surface area contributed by atoms with E-state index in [0.717, 1.165) is 28.7 Å². The number of aryl methyl sites for hydroxylation is 1. The average molecular weight is 286 g/mol. The zero-order valence-electron chi connectivity index (χ0n) is 12.6. The van der Waals surface area contributed by atoms with Gasteiger partial charge >= 0.3 is 0 Å². The number of hydrogen-bond donors (Lipinski definition) is 0. The first-order valence-electron chi connectivity index (χ1n) is 7.57. The molecular weight excluding hydrogens is 268 g/mol. The Morgan fingerprint density at radius 3 is 2.32 bits per heavy atom. The Kier molecular flexibility index (Phi) is 4.15. The molecule has 22 heavy (non-hydrogen) atoms. The fourth-order valence-electron chi connectivity index (χ4n) is 2.64. The Bertz CT molecular complexity index is 788. The number of hydrogen-bond acceptors (Lipinski definition) is 1. The molecule has 3 rings (SSSR count). The van der Waals surface area contributed by atoms with E-state index in [-0.39, 0.29) is 5.78 Å². The van der Waals surface area contributed by atoms with Crippen LogP contribution in [0.1, 0.15) is 28.4 Å². The summed E-state index contributed by atoms with van der Waals surface area (Å²) in [5.74, 6) is 0.0785. The van der Waals surface area contributed by atoms with Crippen LogP contribution in [0.3, 0.4) is 0 Å². The highest BCUT2D eigenvalue weighted by molar-refractivity contribution is 6.12. The first kappa shape index (κ1) is 14.3. The second kappa shape index (κ2) is 6.40. The minimum absolute atomic E-state index is 0.0785. The van der Waals surface area contributed by atoms with E-state index in [4.69, 9.17) is 0 Å². The molecular formula is C21H18O. The Morgan fingerprint density at radius 2 is 1.55 bits per heavy atom. The second-order valence-electron chi connectivity index (χ2n) is 5.29. The lowest BCUT2D eigenvalue weighted by molar-refractivity contribution is 0.103. The molecule has 0 aliphatic heterocycles. The lowest BCUT2D eigenvalue weighted by atomic mass is 9.93. The lowest BCUT2D eigenvalue weighted by Crippen LogP contribution is -2.04. The highest BCUT2D eigenvalue weighted by atomic mass is 16.1. The molecule has 1 heteroatoms. The first-order chi connectivity index (χ1) is 10.8. The van der Waals surface area contributed by atoms with E-state index in [1.807, 2.05) is 72.8 Å². The second-order valence-corrected chi connectivity index (χ2v) is 5.29. The van der Waals surface area contributed by atoms with E-state index >= 15 is 0 Å². The maximum atomic E-state index is 12.9. The summed E-state index contributed by atoms with van der Waals surface area (Å²) in [5, 5.41) is 0. The predicted octanol–water partition coefficient (Wildman–Crippen LogP) is 5.15. The van der Waals surface area contributed by atoms with Crippen LogP contribution in [0.15, 0.2) is 78.9 Å².